The molecule has 0 radical (unpaired) electrons. The van der Waals surface area contributed by atoms with E-state index in [4.69, 9.17) is 17.4 Å². The van der Waals surface area contributed by atoms with Gasteiger partial charge in [0.2, 0.25) is 0 Å². The summed E-state index contributed by atoms with van der Waals surface area (Å²) in [4.78, 5) is 4.43. The molecule has 0 fully saturated rings. The molecule has 0 atom stereocenters. The number of pyridine rings is 1. The molecule has 0 saturated carbocycles. The van der Waals surface area contributed by atoms with Gasteiger partial charge in [-0.1, -0.05) is 25.4 Å². The maximum Gasteiger partial charge on any atom is 0.125 e. The Morgan fingerprint density at radius 2 is 2.06 bits per heavy atom. The molecule has 2 aromatic rings. The number of hydrogen-bond donors (Lipinski definition) is 2. The Hall–Kier alpha value is -1.39. The highest BCUT2D eigenvalue weighted by molar-refractivity contribution is 6.35. The number of nitrogens with zero attached hydrogens (tertiary/aromatic N) is 1. The van der Waals surface area contributed by atoms with Gasteiger partial charge in [-0.3, -0.25) is 10.8 Å². The Balaban J connectivity index is 2.82. The van der Waals surface area contributed by atoms with Gasteiger partial charge in [0, 0.05) is 11.1 Å². The fraction of sp³-hybridized carbons (Fsp3) is 0.250. The Labute approximate surface area is 104 Å². The quantitative estimate of drug-likeness (QED) is 0.637. The predicted octanol–water partition coefficient (Wildman–Crippen LogP) is 3.44. The van der Waals surface area contributed by atoms with Crippen LogP contribution in [0.25, 0.3) is 10.9 Å². The van der Waals surface area contributed by atoms with Crippen molar-refractivity contribution in [2.75, 3.05) is 5.43 Å². The van der Waals surface area contributed by atoms with E-state index >= 15 is 0 Å². The third-order valence-corrected chi connectivity index (χ3v) is 2.89. The van der Waals surface area contributed by atoms with E-state index in [1.165, 1.54) is 12.1 Å². The van der Waals surface area contributed by atoms with Crippen LogP contribution < -0.4 is 11.3 Å². The topological polar surface area (TPSA) is 50.9 Å². The number of nitrogens with two attached hydrogens (primary N) is 1. The molecule has 1 heterocycles. The van der Waals surface area contributed by atoms with E-state index in [0.717, 1.165) is 5.69 Å². The van der Waals surface area contributed by atoms with Crippen molar-refractivity contribution in [3.8, 4) is 0 Å². The molecule has 0 aliphatic carbocycles. The van der Waals surface area contributed by atoms with Gasteiger partial charge < -0.3 is 5.43 Å². The fourth-order valence-electron chi connectivity index (χ4n) is 1.69. The Morgan fingerprint density at radius 3 is 2.65 bits per heavy atom. The highest BCUT2D eigenvalue weighted by Gasteiger charge is 2.11. The number of aromatic nitrogens is 1. The van der Waals surface area contributed by atoms with E-state index in [-0.39, 0.29) is 5.92 Å². The summed E-state index contributed by atoms with van der Waals surface area (Å²) in [5.41, 5.74) is 4.60. The van der Waals surface area contributed by atoms with Crippen LogP contribution in [0, 0.1) is 5.82 Å². The van der Waals surface area contributed by atoms with Crippen LogP contribution in [0.3, 0.4) is 0 Å². The smallest absolute Gasteiger partial charge is 0.125 e. The van der Waals surface area contributed by atoms with Crippen molar-refractivity contribution in [1.29, 1.82) is 0 Å². The van der Waals surface area contributed by atoms with Crippen molar-refractivity contribution in [3.05, 3.63) is 34.7 Å². The Morgan fingerprint density at radius 1 is 1.35 bits per heavy atom. The van der Waals surface area contributed by atoms with Crippen LogP contribution in [0.5, 0.6) is 0 Å². The lowest BCUT2D eigenvalue weighted by Gasteiger charge is -2.12. The van der Waals surface area contributed by atoms with Crippen molar-refractivity contribution in [3.63, 3.8) is 0 Å². The summed E-state index contributed by atoms with van der Waals surface area (Å²) in [6.45, 7) is 4.04. The lowest BCUT2D eigenvalue weighted by Crippen LogP contribution is -2.09. The molecule has 3 nitrogen and oxygen atoms in total. The second-order valence-electron chi connectivity index (χ2n) is 4.18. The van der Waals surface area contributed by atoms with Crippen LogP contribution in [-0.2, 0) is 0 Å². The molecule has 1 aromatic heterocycles. The number of anilines is 1. The lowest BCUT2D eigenvalue weighted by atomic mass is 10.1. The largest absolute Gasteiger partial charge is 0.323 e. The molecule has 2 rings (SSSR count). The molecule has 5 heteroatoms. The summed E-state index contributed by atoms with van der Waals surface area (Å²) in [5.74, 6) is 5.28. The molecule has 3 N–H and O–H groups in total. The summed E-state index contributed by atoms with van der Waals surface area (Å²) in [5, 5.41) is 0.876. The van der Waals surface area contributed by atoms with E-state index in [9.17, 15) is 4.39 Å². The number of nitrogens with one attached hydrogen (secondary N) is 1. The number of rotatable bonds is 2. The van der Waals surface area contributed by atoms with Gasteiger partial charge in [-0.25, -0.2) is 4.39 Å². The molecule has 0 bridgehead atoms. The first-order chi connectivity index (χ1) is 8.02. The maximum absolute atomic E-state index is 13.3. The Kier molecular flexibility index (Phi) is 3.17. The Bertz CT molecular complexity index is 569. The monoisotopic (exact) mass is 253 g/mol. The van der Waals surface area contributed by atoms with Crippen LogP contribution in [0.15, 0.2) is 18.2 Å². The first-order valence-corrected chi connectivity index (χ1v) is 5.67. The summed E-state index contributed by atoms with van der Waals surface area (Å²) in [6.07, 6.45) is 0. The predicted molar refractivity (Wildman–Crippen MR) is 68.6 cm³/mol. The average Bonchev–Trinajstić information content (AvgIpc) is 2.27. The highest BCUT2D eigenvalue weighted by atomic mass is 35.5. The molecule has 0 unspecified atom stereocenters. The number of benzene rings is 1. The second kappa shape index (κ2) is 4.47. The minimum atomic E-state index is -0.405. The maximum atomic E-state index is 13.3. The van der Waals surface area contributed by atoms with Crippen molar-refractivity contribution in [2.45, 2.75) is 19.8 Å². The van der Waals surface area contributed by atoms with E-state index in [0.29, 0.717) is 21.6 Å². The van der Waals surface area contributed by atoms with Crippen molar-refractivity contribution in [1.82, 2.24) is 4.98 Å². The standard InChI is InChI=1S/C12H13ClFN3/c1-6(2)10-5-11(17-15)8-3-7(14)4-9(13)12(8)16-10/h3-6H,15H2,1-2H3,(H,16,17). The van der Waals surface area contributed by atoms with Gasteiger partial charge in [0.05, 0.1) is 16.2 Å². The number of halogens is 2. The summed E-state index contributed by atoms with van der Waals surface area (Å²) in [7, 11) is 0. The molecule has 0 aliphatic rings. The minimum Gasteiger partial charge on any atom is -0.323 e. The molecule has 0 amide bonds. The van der Waals surface area contributed by atoms with Crippen molar-refractivity contribution < 1.29 is 4.39 Å². The third-order valence-electron chi connectivity index (χ3n) is 2.60. The van der Waals surface area contributed by atoms with Gasteiger partial charge in [0.25, 0.3) is 0 Å². The van der Waals surface area contributed by atoms with Gasteiger partial charge in [0.15, 0.2) is 0 Å². The molecular weight excluding hydrogens is 241 g/mol. The second-order valence-corrected chi connectivity index (χ2v) is 4.58. The minimum absolute atomic E-state index is 0.243. The highest BCUT2D eigenvalue weighted by Crippen LogP contribution is 2.31. The van der Waals surface area contributed by atoms with Gasteiger partial charge in [-0.05, 0) is 24.1 Å². The van der Waals surface area contributed by atoms with Crippen LogP contribution in [0.4, 0.5) is 10.1 Å². The molecular formula is C12H13ClFN3. The molecule has 0 saturated heterocycles. The number of nitrogen functional groups attached to an aromatic ring is 1. The third kappa shape index (κ3) is 2.18. The first kappa shape index (κ1) is 12.1. The fourth-order valence-corrected chi connectivity index (χ4v) is 1.94. The molecule has 0 spiro atoms. The van der Waals surface area contributed by atoms with Crippen LogP contribution in [-0.4, -0.2) is 4.98 Å². The first-order valence-electron chi connectivity index (χ1n) is 5.29. The van der Waals surface area contributed by atoms with E-state index in [1.807, 2.05) is 19.9 Å². The van der Waals surface area contributed by atoms with Crippen molar-refractivity contribution in [2.24, 2.45) is 5.84 Å². The van der Waals surface area contributed by atoms with E-state index in [1.54, 1.807) is 0 Å². The van der Waals surface area contributed by atoms with E-state index < -0.39 is 5.82 Å². The van der Waals surface area contributed by atoms with Crippen LogP contribution >= 0.6 is 11.6 Å². The zero-order valence-electron chi connectivity index (χ0n) is 9.59. The summed E-state index contributed by atoms with van der Waals surface area (Å²) in [6, 6.07) is 4.43. The summed E-state index contributed by atoms with van der Waals surface area (Å²) < 4.78 is 13.3. The normalized spacial score (nSPS) is 11.2. The van der Waals surface area contributed by atoms with Gasteiger partial charge in [-0.2, -0.15) is 0 Å². The number of hydrogen-bond acceptors (Lipinski definition) is 3. The molecule has 0 aliphatic heterocycles. The molecule has 17 heavy (non-hydrogen) atoms. The zero-order chi connectivity index (χ0) is 12.6. The SMILES string of the molecule is CC(C)c1cc(NN)c2cc(F)cc(Cl)c2n1. The van der Waals surface area contributed by atoms with Gasteiger partial charge >= 0.3 is 0 Å². The number of hydrazine groups is 1. The zero-order valence-corrected chi connectivity index (χ0v) is 10.3. The molecule has 90 valence electrons. The van der Waals surface area contributed by atoms with E-state index in [2.05, 4.69) is 10.4 Å². The van der Waals surface area contributed by atoms with Crippen LogP contribution in [0.2, 0.25) is 5.02 Å². The molecule has 1 aromatic carbocycles. The van der Waals surface area contributed by atoms with Crippen molar-refractivity contribution >= 4 is 28.2 Å². The average molecular weight is 254 g/mol. The number of fused-ring (bicyclic) bond motifs is 1. The summed E-state index contributed by atoms with van der Waals surface area (Å²) >= 11 is 6.00. The van der Waals surface area contributed by atoms with Gasteiger partial charge in [-0.15, -0.1) is 0 Å². The van der Waals surface area contributed by atoms with Gasteiger partial charge in [0.1, 0.15) is 5.82 Å². The van der Waals surface area contributed by atoms with Crippen LogP contribution in [0.1, 0.15) is 25.5 Å². The lowest BCUT2D eigenvalue weighted by molar-refractivity contribution is 0.629.